The first-order valence-electron chi connectivity index (χ1n) is 14.2. The smallest absolute Gasteiger partial charge is 0.264 e. The predicted molar refractivity (Wildman–Crippen MR) is 181 cm³/mol. The highest BCUT2D eigenvalue weighted by atomic mass is 35.5. The van der Waals surface area contributed by atoms with Crippen LogP contribution in [-0.2, 0) is 32.6 Å². The monoisotopic (exact) mass is 685 g/mol. The van der Waals surface area contributed by atoms with Gasteiger partial charge in [-0.2, -0.15) is 0 Å². The summed E-state index contributed by atoms with van der Waals surface area (Å²) in [4.78, 5) is 29.8. The van der Waals surface area contributed by atoms with Gasteiger partial charge in [0.15, 0.2) is 0 Å². The minimum atomic E-state index is -4.21. The van der Waals surface area contributed by atoms with Crippen molar-refractivity contribution in [2.75, 3.05) is 10.8 Å². The second kappa shape index (κ2) is 14.7. The third-order valence-electron chi connectivity index (χ3n) is 6.83. The van der Waals surface area contributed by atoms with Crippen molar-refractivity contribution in [1.82, 2.24) is 10.2 Å². The van der Waals surface area contributed by atoms with Gasteiger partial charge in [-0.1, -0.05) is 89.4 Å². The molecule has 0 aromatic heterocycles. The highest BCUT2D eigenvalue weighted by molar-refractivity contribution is 7.92. The van der Waals surface area contributed by atoms with E-state index >= 15 is 0 Å². The van der Waals surface area contributed by atoms with Crippen molar-refractivity contribution in [3.63, 3.8) is 0 Å². The quantitative estimate of drug-likeness (QED) is 0.178. The van der Waals surface area contributed by atoms with Crippen LogP contribution in [0.25, 0.3) is 0 Å². The van der Waals surface area contributed by atoms with E-state index in [4.69, 9.17) is 34.8 Å². The Kier molecular flexibility index (Phi) is 11.2. The maximum absolute atomic E-state index is 14.5. The molecule has 11 heteroatoms. The molecule has 45 heavy (non-hydrogen) atoms. The molecular formula is C34H34Cl3N3O4S. The van der Waals surface area contributed by atoms with E-state index in [1.54, 1.807) is 48.5 Å². The first kappa shape index (κ1) is 34.3. The third kappa shape index (κ3) is 9.23. The molecule has 0 aliphatic heterocycles. The number of amides is 2. The lowest BCUT2D eigenvalue weighted by atomic mass is 10.0. The lowest BCUT2D eigenvalue weighted by Crippen LogP contribution is -2.56. The summed E-state index contributed by atoms with van der Waals surface area (Å²) in [6, 6.07) is 27.3. The number of benzene rings is 4. The molecule has 236 valence electrons. The first-order chi connectivity index (χ1) is 21.2. The molecule has 0 fully saturated rings. The molecule has 4 rings (SSSR count). The Morgan fingerprint density at radius 3 is 1.96 bits per heavy atom. The second-order valence-corrected chi connectivity index (χ2v) is 14.6. The van der Waals surface area contributed by atoms with Crippen LogP contribution in [0.4, 0.5) is 5.69 Å². The van der Waals surface area contributed by atoms with Gasteiger partial charge in [0.05, 0.1) is 20.6 Å². The molecule has 0 heterocycles. The van der Waals surface area contributed by atoms with Crippen molar-refractivity contribution in [2.24, 2.45) is 0 Å². The van der Waals surface area contributed by atoms with Crippen LogP contribution in [0.3, 0.4) is 0 Å². The van der Waals surface area contributed by atoms with Crippen molar-refractivity contribution >= 4 is 62.3 Å². The number of nitrogens with one attached hydrogen (secondary N) is 1. The summed E-state index contributed by atoms with van der Waals surface area (Å²) >= 11 is 18.6. The minimum absolute atomic E-state index is 0.00935. The standard InChI is InChI=1S/C34H34Cl3N3O4S/c1-34(2,3)38-33(42)31(21-24-10-6-4-7-11-24)39(22-25-14-19-29(36)30(37)20-25)32(41)23-40(27-17-15-26(35)16-18-27)45(43,44)28-12-8-5-9-13-28/h4-20,31H,21-23H2,1-3H3,(H,38,42)/t31-/m0/s1. The maximum Gasteiger partial charge on any atom is 0.264 e. The van der Waals surface area contributed by atoms with Gasteiger partial charge in [-0.15, -0.1) is 0 Å². The van der Waals surface area contributed by atoms with Crippen molar-refractivity contribution in [3.8, 4) is 0 Å². The average molecular weight is 687 g/mol. The van der Waals surface area contributed by atoms with Crippen molar-refractivity contribution < 1.29 is 18.0 Å². The van der Waals surface area contributed by atoms with Gasteiger partial charge in [0.1, 0.15) is 12.6 Å². The second-order valence-electron chi connectivity index (χ2n) is 11.5. The molecule has 0 saturated heterocycles. The third-order valence-corrected chi connectivity index (χ3v) is 9.61. The molecule has 0 spiro atoms. The van der Waals surface area contributed by atoms with Gasteiger partial charge < -0.3 is 10.2 Å². The fraction of sp³-hybridized carbons (Fsp3) is 0.235. The van der Waals surface area contributed by atoms with Gasteiger partial charge in [0, 0.05) is 23.5 Å². The van der Waals surface area contributed by atoms with Crippen LogP contribution in [0.5, 0.6) is 0 Å². The number of rotatable bonds is 11. The zero-order valence-corrected chi connectivity index (χ0v) is 28.2. The molecular weight excluding hydrogens is 653 g/mol. The number of halogens is 3. The van der Waals surface area contributed by atoms with Gasteiger partial charge in [0.25, 0.3) is 10.0 Å². The number of sulfonamides is 1. The molecule has 0 bridgehead atoms. The van der Waals surface area contributed by atoms with Crippen LogP contribution in [0, 0.1) is 0 Å². The molecule has 1 N–H and O–H groups in total. The molecule has 4 aromatic carbocycles. The summed E-state index contributed by atoms with van der Waals surface area (Å²) in [5, 5.41) is 4.04. The lowest BCUT2D eigenvalue weighted by molar-refractivity contribution is -0.140. The summed E-state index contributed by atoms with van der Waals surface area (Å²) < 4.78 is 29.1. The topological polar surface area (TPSA) is 86.8 Å². The van der Waals surface area contributed by atoms with Crippen LogP contribution < -0.4 is 9.62 Å². The molecule has 0 aliphatic carbocycles. The van der Waals surface area contributed by atoms with Crippen LogP contribution in [0.15, 0.2) is 108 Å². The fourth-order valence-corrected chi connectivity index (χ4v) is 6.58. The Labute approximate surface area is 279 Å². The number of nitrogens with zero attached hydrogens (tertiary/aromatic N) is 2. The highest BCUT2D eigenvalue weighted by Gasteiger charge is 2.35. The Bertz CT molecular complexity index is 1730. The molecule has 1 atom stereocenters. The molecule has 0 aliphatic rings. The van der Waals surface area contributed by atoms with Gasteiger partial charge in [-0.05, 0) is 80.4 Å². The van der Waals surface area contributed by atoms with E-state index in [1.165, 1.54) is 29.2 Å². The van der Waals surface area contributed by atoms with E-state index in [0.29, 0.717) is 15.6 Å². The Balaban J connectivity index is 1.82. The zero-order chi connectivity index (χ0) is 32.8. The summed E-state index contributed by atoms with van der Waals surface area (Å²) in [6.45, 7) is 4.93. The zero-order valence-electron chi connectivity index (χ0n) is 25.1. The Morgan fingerprint density at radius 2 is 1.38 bits per heavy atom. The maximum atomic E-state index is 14.5. The molecule has 4 aromatic rings. The molecule has 0 radical (unpaired) electrons. The van der Waals surface area contributed by atoms with Gasteiger partial charge in [0.2, 0.25) is 11.8 Å². The van der Waals surface area contributed by atoms with E-state index in [-0.39, 0.29) is 34.5 Å². The minimum Gasteiger partial charge on any atom is -0.350 e. The van der Waals surface area contributed by atoms with Crippen LogP contribution >= 0.6 is 34.8 Å². The van der Waals surface area contributed by atoms with Crippen molar-refractivity contribution in [3.05, 3.63) is 129 Å². The SMILES string of the molecule is CC(C)(C)NC(=O)[C@H](Cc1ccccc1)N(Cc1ccc(Cl)c(Cl)c1)C(=O)CN(c1ccc(Cl)cc1)S(=O)(=O)c1ccccc1. The number of hydrogen-bond donors (Lipinski definition) is 1. The van der Waals surface area contributed by atoms with Gasteiger partial charge in [-0.25, -0.2) is 8.42 Å². The summed E-state index contributed by atoms with van der Waals surface area (Å²) in [6.07, 6.45) is 0.183. The van der Waals surface area contributed by atoms with Crippen molar-refractivity contribution in [2.45, 2.75) is 50.2 Å². The van der Waals surface area contributed by atoms with E-state index in [2.05, 4.69) is 5.32 Å². The fourth-order valence-electron chi connectivity index (χ4n) is 4.70. The number of anilines is 1. The molecule has 0 unspecified atom stereocenters. The first-order valence-corrected chi connectivity index (χ1v) is 16.7. The largest absolute Gasteiger partial charge is 0.350 e. The summed E-state index contributed by atoms with van der Waals surface area (Å²) in [7, 11) is -4.21. The van der Waals surface area contributed by atoms with Crippen LogP contribution in [0.1, 0.15) is 31.9 Å². The number of carbonyl (C=O) groups excluding carboxylic acids is 2. The average Bonchev–Trinajstić information content (AvgIpc) is 3.00. The Morgan fingerprint density at radius 1 is 0.778 bits per heavy atom. The molecule has 2 amide bonds. The molecule has 7 nitrogen and oxygen atoms in total. The van der Waals surface area contributed by atoms with Crippen molar-refractivity contribution in [1.29, 1.82) is 0 Å². The van der Waals surface area contributed by atoms with E-state index in [1.807, 2.05) is 51.1 Å². The summed E-state index contributed by atoms with van der Waals surface area (Å²) in [5.41, 5.74) is 1.08. The molecule has 0 saturated carbocycles. The van der Waals surface area contributed by atoms with Crippen LogP contribution in [0.2, 0.25) is 15.1 Å². The normalized spacial score (nSPS) is 12.3. The van der Waals surface area contributed by atoms with E-state index < -0.39 is 34.1 Å². The highest BCUT2D eigenvalue weighted by Crippen LogP contribution is 2.28. The number of carbonyl (C=O) groups is 2. The van der Waals surface area contributed by atoms with E-state index in [0.717, 1.165) is 9.87 Å². The van der Waals surface area contributed by atoms with E-state index in [9.17, 15) is 18.0 Å². The van der Waals surface area contributed by atoms with Gasteiger partial charge in [-0.3, -0.25) is 13.9 Å². The Hall–Kier alpha value is -3.56. The lowest BCUT2D eigenvalue weighted by Gasteiger charge is -2.35. The summed E-state index contributed by atoms with van der Waals surface area (Å²) in [5.74, 6) is -0.982. The van der Waals surface area contributed by atoms with Crippen LogP contribution in [-0.4, -0.2) is 43.3 Å². The number of hydrogen-bond acceptors (Lipinski definition) is 4. The predicted octanol–water partition coefficient (Wildman–Crippen LogP) is 7.40. The van der Waals surface area contributed by atoms with Gasteiger partial charge >= 0.3 is 0 Å².